The van der Waals surface area contributed by atoms with Crippen LogP contribution in [0.25, 0.3) is 5.57 Å². The second kappa shape index (κ2) is 5.35. The molecule has 0 aliphatic heterocycles. The van der Waals surface area contributed by atoms with Crippen molar-refractivity contribution < 1.29 is 0 Å². The maximum Gasteiger partial charge on any atom is 0.109 e. The standard InChI is InChI=1S/C18H18N2/c19-18(20-17-9-5-2-6-10-17)13-11-16(12-14-18)15-7-3-1-4-8-15/h1-13,20H,14,19H2. The quantitative estimate of drug-likeness (QED) is 0.826. The third-order valence-electron chi connectivity index (χ3n) is 3.48. The summed E-state index contributed by atoms with van der Waals surface area (Å²) >= 11 is 0. The van der Waals surface area contributed by atoms with Crippen molar-refractivity contribution in [3.05, 3.63) is 84.5 Å². The highest BCUT2D eigenvalue weighted by Gasteiger charge is 2.22. The molecule has 1 aliphatic carbocycles. The number of benzene rings is 2. The average Bonchev–Trinajstić information content (AvgIpc) is 2.50. The van der Waals surface area contributed by atoms with Crippen LogP contribution in [-0.2, 0) is 0 Å². The van der Waals surface area contributed by atoms with Gasteiger partial charge in [-0.05, 0) is 29.3 Å². The number of hydrogen-bond acceptors (Lipinski definition) is 2. The van der Waals surface area contributed by atoms with Crippen LogP contribution in [0.15, 0.2) is 78.9 Å². The summed E-state index contributed by atoms with van der Waals surface area (Å²) in [6, 6.07) is 20.4. The third-order valence-corrected chi connectivity index (χ3v) is 3.48. The van der Waals surface area contributed by atoms with Gasteiger partial charge in [-0.15, -0.1) is 0 Å². The van der Waals surface area contributed by atoms with Crippen molar-refractivity contribution in [2.45, 2.75) is 12.1 Å². The maximum absolute atomic E-state index is 6.39. The third kappa shape index (κ3) is 2.81. The Morgan fingerprint density at radius 2 is 1.55 bits per heavy atom. The molecule has 0 bridgehead atoms. The molecule has 2 aromatic rings. The lowest BCUT2D eigenvalue weighted by molar-refractivity contribution is 0.608. The number of hydrogen-bond donors (Lipinski definition) is 2. The highest BCUT2D eigenvalue weighted by atomic mass is 15.1. The summed E-state index contributed by atoms with van der Waals surface area (Å²) in [5, 5.41) is 3.38. The van der Waals surface area contributed by atoms with Crippen LogP contribution in [0.2, 0.25) is 0 Å². The highest BCUT2D eigenvalue weighted by Crippen LogP contribution is 2.26. The van der Waals surface area contributed by atoms with Crippen molar-refractivity contribution in [2.24, 2.45) is 5.73 Å². The van der Waals surface area contributed by atoms with E-state index in [0.29, 0.717) is 0 Å². The minimum Gasteiger partial charge on any atom is -0.364 e. The molecular weight excluding hydrogens is 244 g/mol. The van der Waals surface area contributed by atoms with E-state index >= 15 is 0 Å². The maximum atomic E-state index is 6.39. The Labute approximate surface area is 119 Å². The summed E-state index contributed by atoms with van der Waals surface area (Å²) in [6.45, 7) is 0. The lowest BCUT2D eigenvalue weighted by atomic mass is 9.93. The van der Waals surface area contributed by atoms with Crippen LogP contribution in [0.4, 0.5) is 5.69 Å². The molecule has 0 saturated carbocycles. The zero-order valence-electron chi connectivity index (χ0n) is 11.3. The molecule has 0 aromatic heterocycles. The summed E-state index contributed by atoms with van der Waals surface area (Å²) < 4.78 is 0. The van der Waals surface area contributed by atoms with Crippen LogP contribution in [0, 0.1) is 0 Å². The van der Waals surface area contributed by atoms with Gasteiger partial charge >= 0.3 is 0 Å². The second-order valence-electron chi connectivity index (χ2n) is 5.09. The first-order valence-electron chi connectivity index (χ1n) is 6.82. The number of nitrogens with two attached hydrogens (primary N) is 1. The first kappa shape index (κ1) is 12.7. The highest BCUT2D eigenvalue weighted by molar-refractivity contribution is 5.75. The van der Waals surface area contributed by atoms with Gasteiger partial charge in [0.1, 0.15) is 5.66 Å². The molecule has 0 fully saturated rings. The fourth-order valence-electron chi connectivity index (χ4n) is 2.38. The Morgan fingerprint density at radius 3 is 2.15 bits per heavy atom. The molecule has 0 saturated heterocycles. The topological polar surface area (TPSA) is 38.0 Å². The van der Waals surface area contributed by atoms with Gasteiger partial charge in [0.15, 0.2) is 0 Å². The molecule has 20 heavy (non-hydrogen) atoms. The predicted octanol–water partition coefficient (Wildman–Crippen LogP) is 3.80. The molecule has 3 N–H and O–H groups in total. The number of rotatable bonds is 3. The Kier molecular flexibility index (Phi) is 3.40. The zero-order valence-corrected chi connectivity index (χ0v) is 11.3. The van der Waals surface area contributed by atoms with Gasteiger partial charge in [-0.3, -0.25) is 0 Å². The van der Waals surface area contributed by atoms with E-state index < -0.39 is 5.66 Å². The lowest BCUT2D eigenvalue weighted by Gasteiger charge is -2.30. The molecule has 2 nitrogen and oxygen atoms in total. The zero-order chi connectivity index (χ0) is 13.8. The van der Waals surface area contributed by atoms with Gasteiger partial charge in [0.2, 0.25) is 0 Å². The summed E-state index contributed by atoms with van der Waals surface area (Å²) in [6.07, 6.45) is 7.09. The van der Waals surface area contributed by atoms with Gasteiger partial charge in [-0.2, -0.15) is 0 Å². The molecule has 1 unspecified atom stereocenters. The van der Waals surface area contributed by atoms with E-state index in [1.165, 1.54) is 11.1 Å². The SMILES string of the molecule is NC1(Nc2ccccc2)C=CC(c2ccccc2)=CC1. The van der Waals surface area contributed by atoms with Gasteiger partial charge in [-0.1, -0.05) is 60.7 Å². The fourth-order valence-corrected chi connectivity index (χ4v) is 2.38. The average molecular weight is 262 g/mol. The van der Waals surface area contributed by atoms with Crippen molar-refractivity contribution >= 4 is 11.3 Å². The molecular formula is C18H18N2. The van der Waals surface area contributed by atoms with Crippen molar-refractivity contribution in [3.63, 3.8) is 0 Å². The van der Waals surface area contributed by atoms with E-state index in [2.05, 4.69) is 41.7 Å². The molecule has 0 amide bonds. The first-order chi connectivity index (χ1) is 9.75. The molecule has 0 spiro atoms. The van der Waals surface area contributed by atoms with Crippen LogP contribution in [-0.4, -0.2) is 5.66 Å². The molecule has 1 aliphatic rings. The summed E-state index contributed by atoms with van der Waals surface area (Å²) in [4.78, 5) is 0. The van der Waals surface area contributed by atoms with Crippen LogP contribution in [0.3, 0.4) is 0 Å². The van der Waals surface area contributed by atoms with Gasteiger partial charge in [0, 0.05) is 12.1 Å². The smallest absolute Gasteiger partial charge is 0.109 e. The van der Waals surface area contributed by atoms with E-state index in [9.17, 15) is 0 Å². The minimum absolute atomic E-state index is 0.514. The molecule has 0 radical (unpaired) electrons. The Hall–Kier alpha value is -2.32. The normalized spacial score (nSPS) is 21.4. The fraction of sp³-hybridized carbons (Fsp3) is 0.111. The van der Waals surface area contributed by atoms with Crippen molar-refractivity contribution in [1.82, 2.24) is 0 Å². The van der Waals surface area contributed by atoms with Gasteiger partial charge in [-0.25, -0.2) is 0 Å². The Balaban J connectivity index is 1.75. The minimum atomic E-state index is -0.514. The summed E-state index contributed by atoms with van der Waals surface area (Å²) in [7, 11) is 0. The number of anilines is 1. The second-order valence-corrected chi connectivity index (χ2v) is 5.09. The Bertz CT molecular complexity index is 629. The molecule has 0 heterocycles. The van der Waals surface area contributed by atoms with Crippen LogP contribution < -0.4 is 11.1 Å². The van der Waals surface area contributed by atoms with Crippen molar-refractivity contribution in [2.75, 3.05) is 5.32 Å². The predicted molar refractivity (Wildman–Crippen MR) is 85.2 cm³/mol. The number of allylic oxidation sites excluding steroid dienone is 2. The largest absolute Gasteiger partial charge is 0.364 e. The summed E-state index contributed by atoms with van der Waals surface area (Å²) in [5.41, 5.74) is 9.36. The molecule has 2 heteroatoms. The lowest BCUT2D eigenvalue weighted by Crippen LogP contribution is -2.46. The van der Waals surface area contributed by atoms with E-state index in [1.54, 1.807) is 0 Å². The first-order valence-corrected chi connectivity index (χ1v) is 6.82. The van der Waals surface area contributed by atoms with Crippen molar-refractivity contribution in [1.29, 1.82) is 0 Å². The molecule has 3 rings (SSSR count). The van der Waals surface area contributed by atoms with Crippen LogP contribution in [0.1, 0.15) is 12.0 Å². The monoisotopic (exact) mass is 262 g/mol. The van der Waals surface area contributed by atoms with Crippen molar-refractivity contribution in [3.8, 4) is 0 Å². The van der Waals surface area contributed by atoms with Gasteiger partial charge < -0.3 is 11.1 Å². The Morgan fingerprint density at radius 1 is 0.900 bits per heavy atom. The number of nitrogens with one attached hydrogen (secondary N) is 1. The van der Waals surface area contributed by atoms with E-state index in [4.69, 9.17) is 5.73 Å². The van der Waals surface area contributed by atoms with Gasteiger partial charge in [0.05, 0.1) is 0 Å². The van der Waals surface area contributed by atoms with Gasteiger partial charge in [0.25, 0.3) is 0 Å². The summed E-state index contributed by atoms with van der Waals surface area (Å²) in [5.74, 6) is 0. The molecule has 1 atom stereocenters. The molecule has 2 aromatic carbocycles. The van der Waals surface area contributed by atoms with E-state index in [0.717, 1.165) is 12.1 Å². The number of para-hydroxylation sites is 1. The van der Waals surface area contributed by atoms with Crippen LogP contribution >= 0.6 is 0 Å². The van der Waals surface area contributed by atoms with Crippen LogP contribution in [0.5, 0.6) is 0 Å². The molecule has 100 valence electrons. The van der Waals surface area contributed by atoms with E-state index in [-0.39, 0.29) is 0 Å². The van der Waals surface area contributed by atoms with E-state index in [1.807, 2.05) is 42.5 Å².